The number of ether oxygens (including phenoxy) is 2. The predicted molar refractivity (Wildman–Crippen MR) is 130 cm³/mol. The second-order valence-corrected chi connectivity index (χ2v) is 10.6. The first-order valence-corrected chi connectivity index (χ1v) is 11.6. The Bertz CT molecular complexity index is 822. The van der Waals surface area contributed by atoms with E-state index in [1.54, 1.807) is 0 Å². The fraction of sp³-hybridized carbons (Fsp3) is 0.615. The first kappa shape index (κ1) is 24.0. The number of benzene rings is 1. The fourth-order valence-electron chi connectivity index (χ4n) is 5.63. The molecule has 0 radical (unpaired) electrons. The molecule has 3 aliphatic rings. The molecule has 0 amide bonds. The van der Waals surface area contributed by atoms with Crippen molar-refractivity contribution in [3.8, 4) is 0 Å². The van der Waals surface area contributed by atoms with Crippen LogP contribution in [0.5, 0.6) is 0 Å². The van der Waals surface area contributed by atoms with E-state index in [1.165, 1.54) is 30.5 Å². The maximum atomic E-state index is 6.34. The van der Waals surface area contributed by atoms with Gasteiger partial charge in [-0.1, -0.05) is 65.0 Å². The van der Waals surface area contributed by atoms with Crippen LogP contribution in [-0.4, -0.2) is 42.5 Å². The smallest absolute Gasteiger partial charge is 0.269 e. The van der Waals surface area contributed by atoms with E-state index in [1.807, 2.05) is 6.26 Å². The van der Waals surface area contributed by atoms with Crippen molar-refractivity contribution < 1.29 is 9.47 Å². The number of piperazine rings is 1. The van der Waals surface area contributed by atoms with Crippen LogP contribution in [0.3, 0.4) is 0 Å². The fourth-order valence-corrected chi connectivity index (χ4v) is 5.63. The number of hydrogen-bond acceptors (Lipinski definition) is 4. The van der Waals surface area contributed by atoms with Crippen molar-refractivity contribution in [2.45, 2.75) is 60.2 Å². The van der Waals surface area contributed by atoms with Gasteiger partial charge in [0.25, 0.3) is 6.29 Å². The zero-order chi connectivity index (χ0) is 21.4. The summed E-state index contributed by atoms with van der Waals surface area (Å²) in [6.07, 6.45) is 7.43. The van der Waals surface area contributed by atoms with E-state index in [-0.39, 0.29) is 24.1 Å². The summed E-state index contributed by atoms with van der Waals surface area (Å²) in [4.78, 5) is 4.85. The van der Waals surface area contributed by atoms with Gasteiger partial charge >= 0.3 is 0 Å². The van der Waals surface area contributed by atoms with Gasteiger partial charge < -0.3 is 14.4 Å². The first-order valence-electron chi connectivity index (χ1n) is 11.6. The van der Waals surface area contributed by atoms with Gasteiger partial charge in [0.05, 0.1) is 0 Å². The van der Waals surface area contributed by atoms with Crippen LogP contribution in [0.4, 0.5) is 0 Å². The summed E-state index contributed by atoms with van der Waals surface area (Å²) in [6, 6.07) is 8.61. The number of nitrogens with zero attached hydrogens (tertiary/aromatic N) is 2. The van der Waals surface area contributed by atoms with Gasteiger partial charge in [0.15, 0.2) is 0 Å². The van der Waals surface area contributed by atoms with Crippen molar-refractivity contribution >= 4 is 18.0 Å². The largest absolute Gasteiger partial charge is 0.453 e. The van der Waals surface area contributed by atoms with Crippen molar-refractivity contribution in [1.29, 1.82) is 0 Å². The molecule has 1 aromatic carbocycles. The van der Waals surface area contributed by atoms with E-state index in [0.717, 1.165) is 44.0 Å². The Morgan fingerprint density at radius 2 is 1.74 bits per heavy atom. The number of rotatable bonds is 5. The van der Waals surface area contributed by atoms with Gasteiger partial charge in [-0.3, -0.25) is 4.90 Å². The lowest BCUT2D eigenvalue weighted by molar-refractivity contribution is -0.0563. The minimum atomic E-state index is -0.362. The SMILES string of the molecule is CCCN1CCN(C2=COC(c3ccccc3C3=CC(C)(C)CC(C)(C)C3)O2)CC1.Cl. The molecule has 0 N–H and O–H groups in total. The molecule has 4 rings (SSSR count). The van der Waals surface area contributed by atoms with E-state index in [9.17, 15) is 0 Å². The molecule has 172 valence electrons. The van der Waals surface area contributed by atoms with Crippen LogP contribution in [0, 0.1) is 10.8 Å². The van der Waals surface area contributed by atoms with E-state index in [2.05, 4.69) is 74.8 Å². The summed E-state index contributed by atoms with van der Waals surface area (Å²) in [5, 5.41) is 0. The van der Waals surface area contributed by atoms with Crippen LogP contribution in [0.1, 0.15) is 71.3 Å². The summed E-state index contributed by atoms with van der Waals surface area (Å²) in [5.41, 5.74) is 4.31. The Hall–Kier alpha value is -1.65. The zero-order valence-electron chi connectivity index (χ0n) is 19.8. The molecule has 1 atom stereocenters. The van der Waals surface area contributed by atoms with Gasteiger partial charge in [0.2, 0.25) is 5.88 Å². The third kappa shape index (κ3) is 5.59. The minimum absolute atomic E-state index is 0. The van der Waals surface area contributed by atoms with Crippen molar-refractivity contribution in [1.82, 2.24) is 9.80 Å². The molecule has 0 spiro atoms. The highest BCUT2D eigenvalue weighted by Gasteiger charge is 2.36. The molecule has 1 aromatic rings. The minimum Gasteiger partial charge on any atom is -0.453 e. The summed E-state index contributed by atoms with van der Waals surface area (Å²) < 4.78 is 12.4. The molecule has 4 nitrogen and oxygen atoms in total. The molecule has 1 aliphatic carbocycles. The van der Waals surface area contributed by atoms with Gasteiger partial charge in [0.1, 0.15) is 6.26 Å². The van der Waals surface area contributed by atoms with Crippen LogP contribution >= 0.6 is 12.4 Å². The average molecular weight is 447 g/mol. The van der Waals surface area contributed by atoms with Crippen molar-refractivity contribution in [2.24, 2.45) is 10.8 Å². The zero-order valence-corrected chi connectivity index (χ0v) is 20.6. The van der Waals surface area contributed by atoms with Crippen LogP contribution in [0.15, 0.2) is 42.5 Å². The van der Waals surface area contributed by atoms with Crippen molar-refractivity contribution in [3.63, 3.8) is 0 Å². The Kier molecular flexibility index (Phi) is 7.32. The van der Waals surface area contributed by atoms with Crippen LogP contribution < -0.4 is 0 Å². The molecule has 31 heavy (non-hydrogen) atoms. The standard InChI is InChI=1S/C26H38N2O2.ClH/c1-6-11-27-12-14-28(15-13-27)23-18-29-24(30-23)22-10-8-7-9-21(22)20-16-25(2,3)19-26(4,5)17-20;/h7-10,16,18,24H,6,11-15,17,19H2,1-5H3;1H. The predicted octanol–water partition coefficient (Wildman–Crippen LogP) is 6.21. The molecule has 0 saturated carbocycles. The summed E-state index contributed by atoms with van der Waals surface area (Å²) in [7, 11) is 0. The molecule has 2 aliphatic heterocycles. The second-order valence-electron chi connectivity index (χ2n) is 10.6. The van der Waals surface area contributed by atoms with E-state index >= 15 is 0 Å². The average Bonchev–Trinajstić information content (AvgIpc) is 3.16. The monoisotopic (exact) mass is 446 g/mol. The van der Waals surface area contributed by atoms with Gasteiger partial charge in [-0.25, -0.2) is 0 Å². The quantitative estimate of drug-likeness (QED) is 0.536. The van der Waals surface area contributed by atoms with Crippen LogP contribution in [0.25, 0.3) is 5.57 Å². The van der Waals surface area contributed by atoms with E-state index in [0.29, 0.717) is 5.41 Å². The summed E-state index contributed by atoms with van der Waals surface area (Å²) in [5.74, 6) is 0.879. The molecular formula is C26H39ClN2O2. The Labute approximate surface area is 194 Å². The highest BCUT2D eigenvalue weighted by molar-refractivity contribution is 5.85. The third-order valence-corrected chi connectivity index (χ3v) is 6.47. The lowest BCUT2D eigenvalue weighted by atomic mass is 9.65. The Morgan fingerprint density at radius 1 is 1.03 bits per heavy atom. The van der Waals surface area contributed by atoms with E-state index < -0.39 is 0 Å². The Morgan fingerprint density at radius 3 is 2.42 bits per heavy atom. The third-order valence-electron chi connectivity index (χ3n) is 6.47. The normalized spacial score (nSPS) is 25.1. The van der Waals surface area contributed by atoms with Crippen molar-refractivity contribution in [3.05, 3.63) is 53.6 Å². The maximum Gasteiger partial charge on any atom is 0.269 e. The number of allylic oxidation sites excluding steroid dienone is 2. The number of hydrogen-bond donors (Lipinski definition) is 0. The van der Waals surface area contributed by atoms with Gasteiger partial charge in [-0.05, 0) is 47.8 Å². The maximum absolute atomic E-state index is 6.34. The molecule has 1 saturated heterocycles. The summed E-state index contributed by atoms with van der Waals surface area (Å²) in [6.45, 7) is 17.0. The van der Waals surface area contributed by atoms with Gasteiger partial charge in [-0.15, -0.1) is 12.4 Å². The topological polar surface area (TPSA) is 24.9 Å². The second kappa shape index (κ2) is 9.46. The number of halogens is 1. The van der Waals surface area contributed by atoms with Crippen molar-refractivity contribution in [2.75, 3.05) is 32.7 Å². The molecule has 1 fully saturated rings. The lowest BCUT2D eigenvalue weighted by Gasteiger charge is -2.40. The molecule has 0 bridgehead atoms. The Balaban J connectivity index is 0.00000272. The highest BCUT2D eigenvalue weighted by atomic mass is 35.5. The first-order chi connectivity index (χ1) is 14.3. The van der Waals surface area contributed by atoms with E-state index in [4.69, 9.17) is 9.47 Å². The molecular weight excluding hydrogens is 408 g/mol. The molecule has 0 aromatic heterocycles. The molecule has 5 heteroatoms. The van der Waals surface area contributed by atoms with Crippen LogP contribution in [0.2, 0.25) is 0 Å². The highest BCUT2D eigenvalue weighted by Crippen LogP contribution is 2.48. The molecule has 2 heterocycles. The summed E-state index contributed by atoms with van der Waals surface area (Å²) >= 11 is 0. The van der Waals surface area contributed by atoms with Gasteiger partial charge in [0, 0.05) is 31.7 Å². The lowest BCUT2D eigenvalue weighted by Crippen LogP contribution is -2.46. The van der Waals surface area contributed by atoms with Gasteiger partial charge in [-0.2, -0.15) is 0 Å². The van der Waals surface area contributed by atoms with Crippen LogP contribution in [-0.2, 0) is 9.47 Å². The molecule has 1 unspecified atom stereocenters.